The van der Waals surface area contributed by atoms with E-state index in [1.165, 1.54) is 7.05 Å². The van der Waals surface area contributed by atoms with Crippen LogP contribution in [-0.4, -0.2) is 13.0 Å². The zero-order chi connectivity index (χ0) is 15.6. The standard InChI is InChI=1S/C15H13ClF2N2O/c1-8-3-4-10(16)7-13(8)20-15(21)9-5-11(17)14(19-2)12(18)6-9/h3-7,19H,1-2H3,(H,20,21). The topological polar surface area (TPSA) is 41.1 Å². The van der Waals surface area contributed by atoms with E-state index in [-0.39, 0.29) is 11.3 Å². The highest BCUT2D eigenvalue weighted by Crippen LogP contribution is 2.23. The quantitative estimate of drug-likeness (QED) is 0.891. The molecule has 21 heavy (non-hydrogen) atoms. The van der Waals surface area contributed by atoms with Gasteiger partial charge in [0.15, 0.2) is 0 Å². The van der Waals surface area contributed by atoms with Crippen molar-refractivity contribution >= 4 is 28.9 Å². The molecule has 0 spiro atoms. The van der Waals surface area contributed by atoms with Crippen molar-refractivity contribution in [2.75, 3.05) is 17.7 Å². The first-order chi connectivity index (χ1) is 9.92. The molecule has 0 atom stereocenters. The summed E-state index contributed by atoms with van der Waals surface area (Å²) >= 11 is 5.86. The van der Waals surface area contributed by atoms with Crippen molar-refractivity contribution in [3.8, 4) is 0 Å². The van der Waals surface area contributed by atoms with Crippen molar-refractivity contribution in [2.45, 2.75) is 6.92 Å². The summed E-state index contributed by atoms with van der Waals surface area (Å²) < 4.78 is 27.3. The van der Waals surface area contributed by atoms with E-state index in [0.29, 0.717) is 10.7 Å². The zero-order valence-corrected chi connectivity index (χ0v) is 12.2. The number of carbonyl (C=O) groups excluding carboxylic acids is 1. The maximum absolute atomic E-state index is 13.7. The molecule has 0 aromatic heterocycles. The van der Waals surface area contributed by atoms with Crippen LogP contribution in [0, 0.1) is 18.6 Å². The van der Waals surface area contributed by atoms with Crippen LogP contribution in [0.3, 0.4) is 0 Å². The molecule has 0 aliphatic rings. The third-order valence-corrected chi connectivity index (χ3v) is 3.24. The minimum atomic E-state index is -0.828. The smallest absolute Gasteiger partial charge is 0.255 e. The van der Waals surface area contributed by atoms with Gasteiger partial charge in [-0.15, -0.1) is 0 Å². The summed E-state index contributed by atoms with van der Waals surface area (Å²) in [6.07, 6.45) is 0. The predicted octanol–water partition coefficient (Wildman–Crippen LogP) is 4.22. The molecule has 0 saturated heterocycles. The van der Waals surface area contributed by atoms with Gasteiger partial charge < -0.3 is 10.6 Å². The van der Waals surface area contributed by atoms with Crippen LogP contribution in [0.1, 0.15) is 15.9 Å². The number of benzene rings is 2. The van der Waals surface area contributed by atoms with Crippen LogP contribution >= 0.6 is 11.6 Å². The Morgan fingerprint density at radius 2 is 1.76 bits per heavy atom. The van der Waals surface area contributed by atoms with Crippen molar-refractivity contribution in [2.24, 2.45) is 0 Å². The van der Waals surface area contributed by atoms with Crippen LogP contribution in [0.2, 0.25) is 5.02 Å². The molecule has 0 heterocycles. The van der Waals surface area contributed by atoms with Crippen LogP contribution in [-0.2, 0) is 0 Å². The van der Waals surface area contributed by atoms with Gasteiger partial charge in [-0.25, -0.2) is 8.78 Å². The lowest BCUT2D eigenvalue weighted by Gasteiger charge is -2.10. The molecular weight excluding hydrogens is 298 g/mol. The molecule has 3 nitrogen and oxygen atoms in total. The van der Waals surface area contributed by atoms with E-state index in [1.807, 2.05) is 0 Å². The second-order valence-corrected chi connectivity index (χ2v) is 4.91. The summed E-state index contributed by atoms with van der Waals surface area (Å²) in [5.41, 5.74) is 0.903. The Morgan fingerprint density at radius 3 is 2.33 bits per heavy atom. The summed E-state index contributed by atoms with van der Waals surface area (Å²) in [5, 5.41) is 5.44. The Kier molecular flexibility index (Phi) is 4.43. The highest BCUT2D eigenvalue weighted by molar-refractivity contribution is 6.31. The lowest BCUT2D eigenvalue weighted by molar-refractivity contribution is 0.102. The van der Waals surface area contributed by atoms with Gasteiger partial charge in [0, 0.05) is 23.3 Å². The molecule has 0 radical (unpaired) electrons. The largest absolute Gasteiger partial charge is 0.383 e. The van der Waals surface area contributed by atoms with E-state index < -0.39 is 17.5 Å². The van der Waals surface area contributed by atoms with Gasteiger partial charge in [0.2, 0.25) is 0 Å². The normalized spacial score (nSPS) is 10.3. The molecule has 0 unspecified atom stereocenters. The average Bonchev–Trinajstić information content (AvgIpc) is 2.42. The van der Waals surface area contributed by atoms with E-state index >= 15 is 0 Å². The third kappa shape index (κ3) is 3.31. The predicted molar refractivity (Wildman–Crippen MR) is 80.0 cm³/mol. The summed E-state index contributed by atoms with van der Waals surface area (Å²) in [6, 6.07) is 6.95. The molecule has 0 aliphatic carbocycles. The van der Waals surface area contributed by atoms with Gasteiger partial charge in [-0.3, -0.25) is 4.79 Å². The number of halogens is 3. The first kappa shape index (κ1) is 15.3. The van der Waals surface area contributed by atoms with E-state index in [2.05, 4.69) is 10.6 Å². The maximum Gasteiger partial charge on any atom is 0.255 e. The van der Waals surface area contributed by atoms with Crippen LogP contribution in [0.25, 0.3) is 0 Å². The maximum atomic E-state index is 13.7. The molecule has 6 heteroatoms. The molecule has 110 valence electrons. The number of anilines is 2. The fraction of sp³-hybridized carbons (Fsp3) is 0.133. The summed E-state index contributed by atoms with van der Waals surface area (Å²) in [6.45, 7) is 1.79. The molecule has 0 aliphatic heterocycles. The van der Waals surface area contributed by atoms with Gasteiger partial charge in [0.1, 0.15) is 17.3 Å². The van der Waals surface area contributed by atoms with Gasteiger partial charge in [-0.05, 0) is 36.8 Å². The van der Waals surface area contributed by atoms with Crippen molar-refractivity contribution in [3.05, 3.63) is 58.1 Å². The Hall–Kier alpha value is -2.14. The second kappa shape index (κ2) is 6.10. The van der Waals surface area contributed by atoms with Crippen molar-refractivity contribution in [3.63, 3.8) is 0 Å². The fourth-order valence-corrected chi connectivity index (χ4v) is 2.04. The zero-order valence-electron chi connectivity index (χ0n) is 11.4. The van der Waals surface area contributed by atoms with Crippen LogP contribution in [0.5, 0.6) is 0 Å². The highest BCUT2D eigenvalue weighted by Gasteiger charge is 2.15. The summed E-state index contributed by atoms with van der Waals surface area (Å²) in [4.78, 5) is 12.1. The first-order valence-electron chi connectivity index (χ1n) is 6.16. The minimum Gasteiger partial charge on any atom is -0.383 e. The molecule has 2 rings (SSSR count). The number of nitrogens with one attached hydrogen (secondary N) is 2. The third-order valence-electron chi connectivity index (χ3n) is 3.00. The Balaban J connectivity index is 2.31. The average molecular weight is 311 g/mol. The monoisotopic (exact) mass is 310 g/mol. The number of hydrogen-bond donors (Lipinski definition) is 2. The number of aryl methyl sites for hydroxylation is 1. The van der Waals surface area contributed by atoms with Crippen molar-refractivity contribution < 1.29 is 13.6 Å². The summed E-state index contributed by atoms with van der Waals surface area (Å²) in [7, 11) is 1.40. The fourth-order valence-electron chi connectivity index (χ4n) is 1.87. The summed E-state index contributed by atoms with van der Waals surface area (Å²) in [5.74, 6) is -2.27. The Morgan fingerprint density at radius 1 is 1.14 bits per heavy atom. The Labute approximate surface area is 125 Å². The molecule has 0 saturated carbocycles. The number of rotatable bonds is 3. The Bertz CT molecular complexity index is 681. The van der Waals surface area contributed by atoms with E-state index in [1.54, 1.807) is 25.1 Å². The SMILES string of the molecule is CNc1c(F)cc(C(=O)Nc2cc(Cl)ccc2C)cc1F. The lowest BCUT2D eigenvalue weighted by atomic mass is 10.1. The molecular formula is C15H13ClF2N2O. The van der Waals surface area contributed by atoms with Gasteiger partial charge >= 0.3 is 0 Å². The van der Waals surface area contributed by atoms with Gasteiger partial charge in [0.25, 0.3) is 5.91 Å². The lowest BCUT2D eigenvalue weighted by Crippen LogP contribution is -2.14. The van der Waals surface area contributed by atoms with E-state index in [0.717, 1.165) is 17.7 Å². The molecule has 2 N–H and O–H groups in total. The second-order valence-electron chi connectivity index (χ2n) is 4.48. The first-order valence-corrected chi connectivity index (χ1v) is 6.54. The van der Waals surface area contributed by atoms with Crippen LogP contribution < -0.4 is 10.6 Å². The van der Waals surface area contributed by atoms with Gasteiger partial charge in [-0.1, -0.05) is 17.7 Å². The number of carbonyl (C=O) groups is 1. The van der Waals surface area contributed by atoms with Crippen molar-refractivity contribution in [1.82, 2.24) is 0 Å². The van der Waals surface area contributed by atoms with Crippen molar-refractivity contribution in [1.29, 1.82) is 0 Å². The van der Waals surface area contributed by atoms with Crippen LogP contribution in [0.4, 0.5) is 20.2 Å². The molecule has 2 aromatic rings. The molecule has 0 bridgehead atoms. The highest BCUT2D eigenvalue weighted by atomic mass is 35.5. The molecule has 0 fully saturated rings. The van der Waals surface area contributed by atoms with Crippen LogP contribution in [0.15, 0.2) is 30.3 Å². The van der Waals surface area contributed by atoms with E-state index in [4.69, 9.17) is 11.6 Å². The number of amides is 1. The van der Waals surface area contributed by atoms with Gasteiger partial charge in [0.05, 0.1) is 0 Å². The van der Waals surface area contributed by atoms with Gasteiger partial charge in [-0.2, -0.15) is 0 Å². The molecule has 2 aromatic carbocycles. The molecule has 1 amide bonds. The van der Waals surface area contributed by atoms with E-state index in [9.17, 15) is 13.6 Å². The number of hydrogen-bond acceptors (Lipinski definition) is 2. The minimum absolute atomic E-state index is 0.108.